The Balaban J connectivity index is 2.61. The molecule has 48 valence electrons. The van der Waals surface area contributed by atoms with Gasteiger partial charge in [0, 0.05) is 6.54 Å². The topological polar surface area (TPSA) is 29.4 Å². The van der Waals surface area contributed by atoms with Gasteiger partial charge in [-0.3, -0.25) is 9.79 Å². The lowest BCUT2D eigenvalue weighted by Gasteiger charge is -1.87. The first-order valence-corrected chi connectivity index (χ1v) is 3.04. The fraction of sp³-hybridized carbons (Fsp3) is 0.429. The number of ketones is 1. The Morgan fingerprint density at radius 1 is 1.78 bits per heavy atom. The monoisotopic (exact) mass is 123 g/mol. The van der Waals surface area contributed by atoms with Gasteiger partial charge in [0.2, 0.25) is 0 Å². The van der Waals surface area contributed by atoms with E-state index in [0.717, 1.165) is 19.4 Å². The SMILES string of the molecule is C=CC(=O)C1=NCCC1. The number of allylic oxidation sites excluding steroid dienone is 1. The van der Waals surface area contributed by atoms with E-state index < -0.39 is 0 Å². The molecule has 1 aliphatic rings. The van der Waals surface area contributed by atoms with Crippen LogP contribution in [0, 0.1) is 0 Å². The fourth-order valence-electron chi connectivity index (χ4n) is 0.859. The minimum atomic E-state index is -0.00694. The Labute approximate surface area is 54.3 Å². The van der Waals surface area contributed by atoms with Crippen LogP contribution >= 0.6 is 0 Å². The lowest BCUT2D eigenvalue weighted by atomic mass is 10.2. The van der Waals surface area contributed by atoms with Gasteiger partial charge in [0.05, 0.1) is 5.71 Å². The number of aliphatic imine (C=N–C) groups is 1. The summed E-state index contributed by atoms with van der Waals surface area (Å²) in [6, 6.07) is 0. The first-order chi connectivity index (χ1) is 4.34. The molecule has 0 radical (unpaired) electrons. The molecule has 0 saturated heterocycles. The largest absolute Gasteiger partial charge is 0.288 e. The van der Waals surface area contributed by atoms with Gasteiger partial charge in [-0.15, -0.1) is 0 Å². The first-order valence-electron chi connectivity index (χ1n) is 3.04. The van der Waals surface area contributed by atoms with Crippen molar-refractivity contribution < 1.29 is 4.79 Å². The molecule has 0 saturated carbocycles. The van der Waals surface area contributed by atoms with Gasteiger partial charge >= 0.3 is 0 Å². The van der Waals surface area contributed by atoms with E-state index in [1.807, 2.05) is 0 Å². The number of hydrogen-bond acceptors (Lipinski definition) is 2. The second-order valence-corrected chi connectivity index (χ2v) is 2.00. The summed E-state index contributed by atoms with van der Waals surface area (Å²) in [5, 5.41) is 0. The van der Waals surface area contributed by atoms with Gasteiger partial charge in [0.15, 0.2) is 5.78 Å². The average molecular weight is 123 g/mol. The van der Waals surface area contributed by atoms with Gasteiger partial charge in [-0.2, -0.15) is 0 Å². The molecular formula is C7H9NO. The van der Waals surface area contributed by atoms with E-state index in [0.29, 0.717) is 5.71 Å². The standard InChI is InChI=1S/C7H9NO/c1-2-7(9)6-4-3-5-8-6/h2H,1,3-5H2. The zero-order chi connectivity index (χ0) is 6.69. The molecule has 0 aromatic carbocycles. The molecule has 0 spiro atoms. The normalized spacial score (nSPS) is 17.1. The van der Waals surface area contributed by atoms with Crippen molar-refractivity contribution in [3.8, 4) is 0 Å². The molecule has 0 aromatic heterocycles. The van der Waals surface area contributed by atoms with E-state index in [1.165, 1.54) is 6.08 Å². The highest BCUT2D eigenvalue weighted by Gasteiger charge is 2.10. The highest BCUT2D eigenvalue weighted by molar-refractivity contribution is 6.44. The van der Waals surface area contributed by atoms with E-state index in [9.17, 15) is 4.79 Å². The molecule has 2 nitrogen and oxygen atoms in total. The summed E-state index contributed by atoms with van der Waals surface area (Å²) in [6.45, 7) is 4.19. The van der Waals surface area contributed by atoms with Crippen molar-refractivity contribution in [1.29, 1.82) is 0 Å². The van der Waals surface area contributed by atoms with Crippen LogP contribution in [0.3, 0.4) is 0 Å². The smallest absolute Gasteiger partial charge is 0.198 e. The van der Waals surface area contributed by atoms with E-state index in [-0.39, 0.29) is 5.78 Å². The quantitative estimate of drug-likeness (QED) is 0.503. The summed E-state index contributed by atoms with van der Waals surface area (Å²) in [4.78, 5) is 14.8. The molecule has 1 heterocycles. The Morgan fingerprint density at radius 3 is 3.00 bits per heavy atom. The third-order valence-corrected chi connectivity index (χ3v) is 1.34. The summed E-state index contributed by atoms with van der Waals surface area (Å²) in [5.74, 6) is -0.00694. The number of carbonyl (C=O) groups excluding carboxylic acids is 1. The molecule has 2 heteroatoms. The van der Waals surface area contributed by atoms with Crippen LogP contribution in [0.4, 0.5) is 0 Å². The van der Waals surface area contributed by atoms with Crippen LogP contribution in [0.25, 0.3) is 0 Å². The number of hydrogen-bond donors (Lipinski definition) is 0. The van der Waals surface area contributed by atoms with Gasteiger partial charge in [-0.25, -0.2) is 0 Å². The van der Waals surface area contributed by atoms with Crippen molar-refractivity contribution in [3.05, 3.63) is 12.7 Å². The van der Waals surface area contributed by atoms with Gasteiger partial charge < -0.3 is 0 Å². The molecule has 0 N–H and O–H groups in total. The van der Waals surface area contributed by atoms with Crippen molar-refractivity contribution in [2.24, 2.45) is 4.99 Å². The maximum atomic E-state index is 10.8. The molecule has 0 aromatic rings. The van der Waals surface area contributed by atoms with Crippen LogP contribution in [0.2, 0.25) is 0 Å². The summed E-state index contributed by atoms with van der Waals surface area (Å²) >= 11 is 0. The lowest BCUT2D eigenvalue weighted by Crippen LogP contribution is -2.06. The van der Waals surface area contributed by atoms with Crippen LogP contribution in [0.15, 0.2) is 17.6 Å². The lowest BCUT2D eigenvalue weighted by molar-refractivity contribution is -0.108. The highest BCUT2D eigenvalue weighted by Crippen LogP contribution is 2.04. The zero-order valence-corrected chi connectivity index (χ0v) is 5.26. The third-order valence-electron chi connectivity index (χ3n) is 1.34. The minimum absolute atomic E-state index is 0.00694. The van der Waals surface area contributed by atoms with E-state index >= 15 is 0 Å². The Bertz CT molecular complexity index is 170. The molecule has 0 amide bonds. The number of rotatable bonds is 2. The third kappa shape index (κ3) is 1.25. The second-order valence-electron chi connectivity index (χ2n) is 2.00. The molecule has 9 heavy (non-hydrogen) atoms. The fourth-order valence-corrected chi connectivity index (χ4v) is 0.859. The van der Waals surface area contributed by atoms with Crippen LogP contribution in [0.1, 0.15) is 12.8 Å². The van der Waals surface area contributed by atoms with Gasteiger partial charge in [-0.1, -0.05) is 6.58 Å². The summed E-state index contributed by atoms with van der Waals surface area (Å²) in [5.41, 5.74) is 0.699. The first kappa shape index (κ1) is 6.20. The molecule has 0 aliphatic carbocycles. The molecule has 1 rings (SSSR count). The van der Waals surface area contributed by atoms with Crippen molar-refractivity contribution in [2.45, 2.75) is 12.8 Å². The average Bonchev–Trinajstić information content (AvgIpc) is 2.37. The molecule has 0 fully saturated rings. The minimum Gasteiger partial charge on any atom is -0.288 e. The van der Waals surface area contributed by atoms with Crippen molar-refractivity contribution in [1.82, 2.24) is 0 Å². The molecule has 0 unspecified atom stereocenters. The van der Waals surface area contributed by atoms with Gasteiger partial charge in [-0.05, 0) is 18.9 Å². The van der Waals surface area contributed by atoms with Gasteiger partial charge in [0.25, 0.3) is 0 Å². The van der Waals surface area contributed by atoms with Crippen molar-refractivity contribution in [3.63, 3.8) is 0 Å². The summed E-state index contributed by atoms with van der Waals surface area (Å²) in [7, 11) is 0. The van der Waals surface area contributed by atoms with Crippen LogP contribution < -0.4 is 0 Å². The number of carbonyl (C=O) groups is 1. The van der Waals surface area contributed by atoms with Gasteiger partial charge in [0.1, 0.15) is 0 Å². The summed E-state index contributed by atoms with van der Waals surface area (Å²) < 4.78 is 0. The van der Waals surface area contributed by atoms with E-state index in [2.05, 4.69) is 11.6 Å². The van der Waals surface area contributed by atoms with Crippen LogP contribution in [0.5, 0.6) is 0 Å². The Hall–Kier alpha value is -0.920. The molecule has 0 atom stereocenters. The van der Waals surface area contributed by atoms with E-state index in [4.69, 9.17) is 0 Å². The summed E-state index contributed by atoms with van der Waals surface area (Å²) in [6.07, 6.45) is 3.18. The molecule has 1 aliphatic heterocycles. The molecular weight excluding hydrogens is 114 g/mol. The zero-order valence-electron chi connectivity index (χ0n) is 5.26. The Kier molecular flexibility index (Phi) is 1.78. The van der Waals surface area contributed by atoms with E-state index in [1.54, 1.807) is 0 Å². The van der Waals surface area contributed by atoms with Crippen molar-refractivity contribution in [2.75, 3.05) is 6.54 Å². The maximum absolute atomic E-state index is 10.8. The predicted molar refractivity (Wildman–Crippen MR) is 36.7 cm³/mol. The van der Waals surface area contributed by atoms with Crippen LogP contribution in [-0.4, -0.2) is 18.0 Å². The molecule has 0 bridgehead atoms. The van der Waals surface area contributed by atoms with Crippen molar-refractivity contribution >= 4 is 11.5 Å². The predicted octanol–water partition coefficient (Wildman–Crippen LogP) is 0.976. The number of nitrogens with zero attached hydrogens (tertiary/aromatic N) is 1. The second kappa shape index (κ2) is 2.58. The maximum Gasteiger partial charge on any atom is 0.198 e. The highest BCUT2D eigenvalue weighted by atomic mass is 16.1. The Morgan fingerprint density at radius 2 is 2.56 bits per heavy atom. The van der Waals surface area contributed by atoms with Crippen LogP contribution in [-0.2, 0) is 4.79 Å².